The van der Waals surface area contributed by atoms with Crippen LogP contribution < -0.4 is 5.32 Å². The maximum Gasteiger partial charge on any atom is 0.335 e. The van der Waals surface area contributed by atoms with Crippen LogP contribution in [0.15, 0.2) is 24.3 Å². The van der Waals surface area contributed by atoms with Crippen molar-refractivity contribution in [2.24, 2.45) is 0 Å². The highest BCUT2D eigenvalue weighted by atomic mass is 16.4. The van der Waals surface area contributed by atoms with E-state index in [1.807, 2.05) is 12.1 Å². The molecule has 0 radical (unpaired) electrons. The lowest BCUT2D eigenvalue weighted by Crippen LogP contribution is -2.14. The zero-order valence-electron chi connectivity index (χ0n) is 11.0. The van der Waals surface area contributed by atoms with Crippen molar-refractivity contribution in [3.05, 3.63) is 47.0 Å². The van der Waals surface area contributed by atoms with E-state index in [0.717, 1.165) is 17.2 Å². The summed E-state index contributed by atoms with van der Waals surface area (Å²) < 4.78 is 0. The van der Waals surface area contributed by atoms with E-state index in [2.05, 4.69) is 20.5 Å². The molecule has 0 spiro atoms. The summed E-state index contributed by atoms with van der Waals surface area (Å²) in [6.45, 7) is 1.29. The summed E-state index contributed by atoms with van der Waals surface area (Å²) in [7, 11) is 0. The van der Waals surface area contributed by atoms with Gasteiger partial charge in [0.25, 0.3) is 0 Å². The van der Waals surface area contributed by atoms with Gasteiger partial charge >= 0.3 is 5.97 Å². The Balaban J connectivity index is 1.49. The van der Waals surface area contributed by atoms with Gasteiger partial charge in [0.05, 0.1) is 12.1 Å². The summed E-state index contributed by atoms with van der Waals surface area (Å²) in [5.74, 6) is 1.42. The van der Waals surface area contributed by atoms with Crippen molar-refractivity contribution in [2.75, 3.05) is 0 Å². The number of nitrogens with zero attached hydrogens (tertiary/aromatic N) is 2. The van der Waals surface area contributed by atoms with Gasteiger partial charge in [-0.1, -0.05) is 12.1 Å². The second kappa shape index (κ2) is 5.42. The van der Waals surface area contributed by atoms with Crippen LogP contribution in [0.5, 0.6) is 0 Å². The van der Waals surface area contributed by atoms with Crippen LogP contribution in [0.1, 0.15) is 46.3 Å². The summed E-state index contributed by atoms with van der Waals surface area (Å²) in [5.41, 5.74) is 1.34. The number of aromatic nitrogens is 3. The Hall–Kier alpha value is -2.21. The van der Waals surface area contributed by atoms with Gasteiger partial charge in [0.15, 0.2) is 5.82 Å². The molecule has 6 nitrogen and oxygen atoms in total. The Labute approximate surface area is 116 Å². The van der Waals surface area contributed by atoms with Crippen molar-refractivity contribution in [3.8, 4) is 0 Å². The van der Waals surface area contributed by atoms with Gasteiger partial charge in [-0.3, -0.25) is 5.10 Å². The number of benzene rings is 1. The zero-order chi connectivity index (χ0) is 13.9. The number of carbonyl (C=O) groups is 1. The first-order valence-corrected chi connectivity index (χ1v) is 6.66. The lowest BCUT2D eigenvalue weighted by atomic mass is 10.1. The molecule has 1 aromatic carbocycles. The largest absolute Gasteiger partial charge is 0.478 e. The molecule has 1 aliphatic rings. The molecule has 1 fully saturated rings. The Kier molecular flexibility index (Phi) is 3.47. The first kappa shape index (κ1) is 12.8. The third-order valence-electron chi connectivity index (χ3n) is 3.31. The fourth-order valence-corrected chi connectivity index (χ4v) is 2.00. The van der Waals surface area contributed by atoms with Gasteiger partial charge in [-0.2, -0.15) is 5.10 Å². The molecule has 3 N–H and O–H groups in total. The summed E-state index contributed by atoms with van der Waals surface area (Å²) in [5, 5.41) is 19.2. The van der Waals surface area contributed by atoms with Crippen molar-refractivity contribution in [1.82, 2.24) is 20.5 Å². The molecule has 20 heavy (non-hydrogen) atoms. The molecule has 6 heteroatoms. The fraction of sp³-hybridized carbons (Fsp3) is 0.357. The van der Waals surface area contributed by atoms with E-state index in [1.165, 1.54) is 12.8 Å². The van der Waals surface area contributed by atoms with Crippen LogP contribution in [0, 0.1) is 0 Å². The molecular weight excluding hydrogens is 256 g/mol. The monoisotopic (exact) mass is 272 g/mol. The first-order chi connectivity index (χ1) is 9.72. The predicted octanol–water partition coefficient (Wildman–Crippen LogP) is 1.67. The van der Waals surface area contributed by atoms with E-state index in [1.54, 1.807) is 12.1 Å². The number of hydrogen-bond acceptors (Lipinski definition) is 4. The molecular formula is C14H16N4O2. The average Bonchev–Trinajstić information content (AvgIpc) is 3.20. The molecule has 0 bridgehead atoms. The van der Waals surface area contributed by atoms with Gasteiger partial charge in [-0.15, -0.1) is 0 Å². The third-order valence-corrected chi connectivity index (χ3v) is 3.31. The van der Waals surface area contributed by atoms with Gasteiger partial charge in [0, 0.05) is 12.5 Å². The topological polar surface area (TPSA) is 90.9 Å². The van der Waals surface area contributed by atoms with Crippen LogP contribution in [-0.4, -0.2) is 26.3 Å². The molecule has 1 saturated carbocycles. The molecule has 1 aromatic heterocycles. The van der Waals surface area contributed by atoms with E-state index in [-0.39, 0.29) is 0 Å². The minimum Gasteiger partial charge on any atom is -0.478 e. The lowest BCUT2D eigenvalue weighted by molar-refractivity contribution is 0.0697. The number of carboxylic acids is 1. The molecule has 3 rings (SSSR count). The molecule has 104 valence electrons. The minimum absolute atomic E-state index is 0.304. The van der Waals surface area contributed by atoms with Gasteiger partial charge in [-0.05, 0) is 30.5 Å². The highest BCUT2D eigenvalue weighted by Crippen LogP contribution is 2.37. The molecule has 1 aliphatic carbocycles. The molecule has 0 aliphatic heterocycles. The van der Waals surface area contributed by atoms with Gasteiger partial charge in [-0.25, -0.2) is 9.78 Å². The van der Waals surface area contributed by atoms with Crippen LogP contribution >= 0.6 is 0 Å². The summed E-state index contributed by atoms with van der Waals surface area (Å²) >= 11 is 0. The Morgan fingerprint density at radius 3 is 2.70 bits per heavy atom. The van der Waals surface area contributed by atoms with Crippen molar-refractivity contribution >= 4 is 5.97 Å². The lowest BCUT2D eigenvalue weighted by Gasteiger charge is -2.03. The molecule has 0 amide bonds. The van der Waals surface area contributed by atoms with Crippen molar-refractivity contribution in [2.45, 2.75) is 31.8 Å². The van der Waals surface area contributed by atoms with Crippen LogP contribution in [0.2, 0.25) is 0 Å². The maximum atomic E-state index is 10.7. The summed E-state index contributed by atoms with van der Waals surface area (Å²) in [4.78, 5) is 15.2. The number of nitrogens with one attached hydrogen (secondary N) is 2. The Morgan fingerprint density at radius 2 is 2.05 bits per heavy atom. The normalized spacial score (nSPS) is 14.4. The second-order valence-electron chi connectivity index (χ2n) is 5.02. The number of hydrogen-bond donors (Lipinski definition) is 3. The van der Waals surface area contributed by atoms with Crippen molar-refractivity contribution in [3.63, 3.8) is 0 Å². The smallest absolute Gasteiger partial charge is 0.335 e. The van der Waals surface area contributed by atoms with Crippen molar-refractivity contribution in [1.29, 1.82) is 0 Å². The van der Waals surface area contributed by atoms with E-state index in [9.17, 15) is 4.79 Å². The fourth-order valence-electron chi connectivity index (χ4n) is 2.00. The highest BCUT2D eigenvalue weighted by Gasteiger charge is 2.27. The number of H-pyrrole nitrogens is 1. The number of aromatic carboxylic acids is 1. The van der Waals surface area contributed by atoms with Gasteiger partial charge < -0.3 is 10.4 Å². The Morgan fingerprint density at radius 1 is 1.30 bits per heavy atom. The average molecular weight is 272 g/mol. The van der Waals surface area contributed by atoms with E-state index >= 15 is 0 Å². The second-order valence-corrected chi connectivity index (χ2v) is 5.02. The molecule has 1 heterocycles. The van der Waals surface area contributed by atoms with E-state index in [0.29, 0.717) is 24.6 Å². The molecule has 0 unspecified atom stereocenters. The van der Waals surface area contributed by atoms with Crippen LogP contribution in [-0.2, 0) is 13.1 Å². The van der Waals surface area contributed by atoms with Crippen LogP contribution in [0.25, 0.3) is 0 Å². The third kappa shape index (κ3) is 3.03. The quantitative estimate of drug-likeness (QED) is 0.744. The standard InChI is InChI=1S/C14H16N4O2/c19-14(20)11-3-1-9(2-4-11)7-15-8-12-16-13(18-17-12)10-5-6-10/h1-4,10,15H,5-8H2,(H,19,20)(H,16,17,18). The Bertz CT molecular complexity index is 602. The summed E-state index contributed by atoms with van der Waals surface area (Å²) in [6.07, 6.45) is 2.39. The van der Waals surface area contributed by atoms with Gasteiger partial charge in [0.2, 0.25) is 0 Å². The van der Waals surface area contributed by atoms with E-state index in [4.69, 9.17) is 5.11 Å². The maximum absolute atomic E-state index is 10.7. The van der Waals surface area contributed by atoms with Crippen LogP contribution in [0.4, 0.5) is 0 Å². The highest BCUT2D eigenvalue weighted by molar-refractivity contribution is 5.87. The molecule has 0 atom stereocenters. The zero-order valence-corrected chi connectivity index (χ0v) is 11.0. The minimum atomic E-state index is -0.904. The number of carboxylic acid groups (broad SMARTS) is 1. The van der Waals surface area contributed by atoms with E-state index < -0.39 is 5.97 Å². The first-order valence-electron chi connectivity index (χ1n) is 6.66. The van der Waals surface area contributed by atoms with Gasteiger partial charge in [0.1, 0.15) is 5.82 Å². The SMILES string of the molecule is O=C(O)c1ccc(CNCc2nc(C3CC3)n[nH]2)cc1. The number of rotatable bonds is 6. The predicted molar refractivity (Wildman–Crippen MR) is 72.3 cm³/mol. The number of aromatic amines is 1. The summed E-state index contributed by atoms with van der Waals surface area (Å²) in [6, 6.07) is 6.84. The van der Waals surface area contributed by atoms with Crippen LogP contribution in [0.3, 0.4) is 0 Å². The molecule has 0 saturated heterocycles. The van der Waals surface area contributed by atoms with Crippen molar-refractivity contribution < 1.29 is 9.90 Å². The molecule has 2 aromatic rings.